The minimum Gasteiger partial charge on any atom is -0.463 e. The lowest BCUT2D eigenvalue weighted by atomic mass is 10.1. The molecule has 0 saturated carbocycles. The van der Waals surface area contributed by atoms with E-state index in [2.05, 4.69) is 141 Å². The third-order valence-electron chi connectivity index (χ3n) is 7.89. The van der Waals surface area contributed by atoms with Gasteiger partial charge < -0.3 is 20.1 Å². The number of allylic oxidation sites excluding steroid dienone is 20. The minimum atomic E-state index is -4.45. The summed E-state index contributed by atoms with van der Waals surface area (Å²) in [5.41, 5.74) is 0. The van der Waals surface area contributed by atoms with Crippen LogP contribution in [0.3, 0.4) is 0 Å². The molecule has 1 amide bonds. The van der Waals surface area contributed by atoms with Crippen molar-refractivity contribution in [1.29, 1.82) is 0 Å². The van der Waals surface area contributed by atoms with Crippen molar-refractivity contribution in [1.82, 2.24) is 5.32 Å². The van der Waals surface area contributed by atoms with Crippen LogP contribution >= 0.6 is 7.82 Å². The molecule has 0 aliphatic rings. The van der Waals surface area contributed by atoms with Gasteiger partial charge in [0.2, 0.25) is 5.91 Å². The lowest BCUT2D eigenvalue weighted by molar-refractivity contribution is -0.147. The molecule has 9 nitrogen and oxygen atoms in total. The number of hydrogen-bond donors (Lipinski definition) is 3. The van der Waals surface area contributed by atoms with Crippen molar-refractivity contribution >= 4 is 19.7 Å². The summed E-state index contributed by atoms with van der Waals surface area (Å²) in [6, 6.07) is 0. The van der Waals surface area contributed by atoms with Gasteiger partial charge in [0.15, 0.2) is 0 Å². The van der Waals surface area contributed by atoms with E-state index < -0.39 is 26.5 Å². The number of phosphoric acid groups is 1. The first-order valence-electron chi connectivity index (χ1n) is 21.0. The van der Waals surface area contributed by atoms with Crippen molar-refractivity contribution in [2.24, 2.45) is 0 Å². The predicted molar refractivity (Wildman–Crippen MR) is 238 cm³/mol. The Morgan fingerprint density at radius 2 is 0.930 bits per heavy atom. The first kappa shape index (κ1) is 53.4. The highest BCUT2D eigenvalue weighted by molar-refractivity contribution is 7.47. The van der Waals surface area contributed by atoms with E-state index in [0.717, 1.165) is 96.3 Å². The number of rotatable bonds is 37. The van der Waals surface area contributed by atoms with Gasteiger partial charge in [0.1, 0.15) is 12.7 Å². The quantitative estimate of drug-likeness (QED) is 0.0245. The third kappa shape index (κ3) is 43.4. The summed E-state index contributed by atoms with van der Waals surface area (Å²) >= 11 is 0. The highest BCUT2D eigenvalue weighted by atomic mass is 31.2. The van der Waals surface area contributed by atoms with Crippen LogP contribution in [-0.2, 0) is 27.9 Å². The molecule has 0 radical (unpaired) electrons. The average Bonchev–Trinajstić information content (AvgIpc) is 3.20. The number of unbranched alkanes of at least 4 members (excludes halogenated alkanes) is 4. The van der Waals surface area contributed by atoms with Gasteiger partial charge in [-0.1, -0.05) is 135 Å². The molecule has 0 aliphatic carbocycles. The zero-order valence-electron chi connectivity index (χ0n) is 35.0. The second-order valence-electron chi connectivity index (χ2n) is 13.2. The standard InChI is InChI=1S/C47H74NO8P/c1-3-5-7-9-11-13-15-17-19-20-21-22-23-24-26-28-30-32-34-36-38-40-47(51)54-43-45(49)44-56-57(52,53)55-42-41-48-46(50)39-37-35-33-31-29-27-25-18-16-14-12-10-8-6-4-2/h5-8,11-14,17-19,21-22,24-26,29-32,45,49H,3-4,9-10,15-16,20,23,27-28,33-44H2,1-2H3,(H,48,50)(H,52,53)/b7-5-,8-6-,13-11-,14-12-,19-17-,22-21-,25-18-,26-24-,31-29-,32-30-. The normalized spacial score (nSPS) is 14.5. The predicted octanol–water partition coefficient (Wildman–Crippen LogP) is 11.8. The molecule has 2 atom stereocenters. The Morgan fingerprint density at radius 3 is 1.35 bits per heavy atom. The molecule has 57 heavy (non-hydrogen) atoms. The number of carbonyl (C=O) groups is 2. The molecule has 0 bridgehead atoms. The lowest BCUT2D eigenvalue weighted by Crippen LogP contribution is -2.27. The van der Waals surface area contributed by atoms with Gasteiger partial charge in [-0.25, -0.2) is 4.57 Å². The highest BCUT2D eigenvalue weighted by Gasteiger charge is 2.23. The van der Waals surface area contributed by atoms with E-state index in [0.29, 0.717) is 12.8 Å². The van der Waals surface area contributed by atoms with Crippen molar-refractivity contribution in [2.45, 2.75) is 136 Å². The molecular weight excluding hydrogens is 737 g/mol. The minimum absolute atomic E-state index is 0.0455. The van der Waals surface area contributed by atoms with Crippen LogP contribution in [0, 0.1) is 0 Å². The van der Waals surface area contributed by atoms with Crippen LogP contribution in [0.25, 0.3) is 0 Å². The number of aliphatic hydroxyl groups excluding tert-OH is 1. The van der Waals surface area contributed by atoms with Gasteiger partial charge in [-0.2, -0.15) is 0 Å². The number of amides is 1. The van der Waals surface area contributed by atoms with Gasteiger partial charge in [-0.3, -0.25) is 18.6 Å². The molecule has 2 unspecified atom stereocenters. The molecule has 0 fully saturated rings. The Morgan fingerprint density at radius 1 is 0.544 bits per heavy atom. The molecule has 0 spiro atoms. The summed E-state index contributed by atoms with van der Waals surface area (Å²) in [6.07, 6.45) is 57.1. The summed E-state index contributed by atoms with van der Waals surface area (Å²) in [5, 5.41) is 12.7. The highest BCUT2D eigenvalue weighted by Crippen LogP contribution is 2.42. The lowest BCUT2D eigenvalue weighted by Gasteiger charge is -2.15. The zero-order valence-corrected chi connectivity index (χ0v) is 35.9. The number of nitrogens with one attached hydrogen (secondary N) is 1. The Kier molecular flexibility index (Phi) is 39.4. The van der Waals surface area contributed by atoms with Crippen LogP contribution in [0.15, 0.2) is 122 Å². The van der Waals surface area contributed by atoms with E-state index >= 15 is 0 Å². The van der Waals surface area contributed by atoms with Gasteiger partial charge in [-0.15, -0.1) is 0 Å². The van der Waals surface area contributed by atoms with Crippen LogP contribution in [0.4, 0.5) is 0 Å². The van der Waals surface area contributed by atoms with E-state index in [1.165, 1.54) is 0 Å². The zero-order chi connectivity index (χ0) is 41.8. The Labute approximate surface area is 345 Å². The number of phosphoric ester groups is 1. The average molecular weight is 812 g/mol. The topological polar surface area (TPSA) is 131 Å². The fourth-order valence-electron chi connectivity index (χ4n) is 4.78. The van der Waals surface area contributed by atoms with E-state index in [1.807, 2.05) is 0 Å². The molecular formula is C47H74NO8P. The van der Waals surface area contributed by atoms with Crippen molar-refractivity contribution in [3.63, 3.8) is 0 Å². The molecule has 0 aromatic heterocycles. The summed E-state index contributed by atoms with van der Waals surface area (Å²) in [6.45, 7) is 3.18. The number of carbonyl (C=O) groups excluding carboxylic acids is 2. The number of aliphatic hydroxyl groups is 1. The van der Waals surface area contributed by atoms with Crippen LogP contribution in [0.2, 0.25) is 0 Å². The third-order valence-corrected chi connectivity index (χ3v) is 8.87. The molecule has 0 aliphatic heterocycles. The molecule has 0 heterocycles. The Bertz CT molecular complexity index is 1340. The number of esters is 1. The second-order valence-corrected chi connectivity index (χ2v) is 14.6. The maximum atomic E-state index is 12.1. The van der Waals surface area contributed by atoms with E-state index in [9.17, 15) is 24.2 Å². The van der Waals surface area contributed by atoms with Crippen LogP contribution in [0.1, 0.15) is 129 Å². The number of ether oxygens (including phenoxy) is 1. The first-order valence-corrected chi connectivity index (χ1v) is 22.5. The molecule has 0 aromatic carbocycles. The molecule has 0 rings (SSSR count). The number of hydrogen-bond acceptors (Lipinski definition) is 7. The molecule has 0 aromatic rings. The van der Waals surface area contributed by atoms with Gasteiger partial charge in [-0.05, 0) is 103 Å². The van der Waals surface area contributed by atoms with E-state index in [4.69, 9.17) is 13.8 Å². The van der Waals surface area contributed by atoms with Gasteiger partial charge in [0.25, 0.3) is 0 Å². The van der Waals surface area contributed by atoms with Crippen LogP contribution in [0.5, 0.6) is 0 Å². The maximum Gasteiger partial charge on any atom is 0.472 e. The van der Waals surface area contributed by atoms with Crippen LogP contribution < -0.4 is 5.32 Å². The molecule has 3 N–H and O–H groups in total. The van der Waals surface area contributed by atoms with Crippen molar-refractivity contribution in [3.8, 4) is 0 Å². The Hall–Kier alpha value is -3.59. The molecule has 0 saturated heterocycles. The fraction of sp³-hybridized carbons (Fsp3) is 0.532. The maximum absolute atomic E-state index is 12.1. The van der Waals surface area contributed by atoms with Crippen molar-refractivity contribution < 1.29 is 37.9 Å². The summed E-state index contributed by atoms with van der Waals surface area (Å²) in [4.78, 5) is 33.9. The summed E-state index contributed by atoms with van der Waals surface area (Å²) in [5.74, 6) is -0.617. The van der Waals surface area contributed by atoms with Crippen molar-refractivity contribution in [3.05, 3.63) is 122 Å². The smallest absolute Gasteiger partial charge is 0.463 e. The molecule has 320 valence electrons. The monoisotopic (exact) mass is 812 g/mol. The van der Waals surface area contributed by atoms with Gasteiger partial charge >= 0.3 is 13.8 Å². The first-order chi connectivity index (χ1) is 27.8. The van der Waals surface area contributed by atoms with E-state index in [1.54, 1.807) is 0 Å². The van der Waals surface area contributed by atoms with Gasteiger partial charge in [0.05, 0.1) is 13.2 Å². The van der Waals surface area contributed by atoms with Crippen LogP contribution in [-0.4, -0.2) is 54.3 Å². The van der Waals surface area contributed by atoms with Gasteiger partial charge in [0, 0.05) is 19.4 Å². The second kappa shape index (κ2) is 42.0. The fourth-order valence-corrected chi connectivity index (χ4v) is 5.54. The van der Waals surface area contributed by atoms with E-state index in [-0.39, 0.29) is 32.1 Å². The molecule has 10 heteroatoms. The largest absolute Gasteiger partial charge is 0.472 e. The Balaban J connectivity index is 3.78. The van der Waals surface area contributed by atoms with Crippen molar-refractivity contribution in [2.75, 3.05) is 26.4 Å². The summed E-state index contributed by atoms with van der Waals surface area (Å²) in [7, 11) is -4.45. The SMILES string of the molecule is CC/C=C\C/C=C\C/C=C\C/C=C\C/C=C\C/C=C\CCCCC(=O)OCC(O)COP(=O)(O)OCCNC(=O)CCCC/C=C\C/C=C\C/C=C\C/C=C\CC. The summed E-state index contributed by atoms with van der Waals surface area (Å²) < 4.78 is 26.8.